The van der Waals surface area contributed by atoms with E-state index >= 15 is 0 Å². The topological polar surface area (TPSA) is 131 Å². The minimum Gasteiger partial charge on any atom is -0.469 e. The molecule has 0 saturated carbocycles. The van der Waals surface area contributed by atoms with Crippen LogP contribution in [-0.2, 0) is 22.9 Å². The second-order valence-electron chi connectivity index (χ2n) is 9.23. The highest BCUT2D eigenvalue weighted by Gasteiger charge is 2.45. The Labute approximate surface area is 212 Å². The zero-order valence-electron chi connectivity index (χ0n) is 20.4. The van der Waals surface area contributed by atoms with Crippen molar-refractivity contribution >= 4 is 15.9 Å². The van der Waals surface area contributed by atoms with Crippen LogP contribution in [0.3, 0.4) is 0 Å². The number of rotatable bonds is 8. The summed E-state index contributed by atoms with van der Waals surface area (Å²) in [6.07, 6.45) is 4.94. The van der Waals surface area contributed by atoms with Gasteiger partial charge in [-0.25, -0.2) is 18.1 Å². The molecule has 9 nitrogen and oxygen atoms in total. The second-order valence-corrected chi connectivity index (χ2v) is 10.9. The Balaban J connectivity index is 0.00000380. The Kier molecular flexibility index (Phi) is 7.39. The number of hydrogen-bond donors (Lipinski definition) is 3. The number of hydrogen-bond acceptors (Lipinski definition) is 7. The summed E-state index contributed by atoms with van der Waals surface area (Å²) in [4.78, 5) is 21.1. The zero-order chi connectivity index (χ0) is 25.9. The Bertz CT molecular complexity index is 1330. The molecular formula is C26H32N4O5S. The minimum absolute atomic E-state index is 0. The molecule has 1 aliphatic heterocycles. The maximum atomic E-state index is 13.2. The van der Waals surface area contributed by atoms with Gasteiger partial charge in [-0.15, -0.1) is 0 Å². The third-order valence-corrected chi connectivity index (χ3v) is 7.69. The molecule has 1 aliphatic rings. The SMILES string of the molecule is CCc1ccc(S(=O)(=O)N[C@@H]2c3cc(C(=O)NCCc4ccncc4)cnc3OC(C)(C)[C@H]2O)cc1.[HH]. The van der Waals surface area contributed by atoms with Crippen LogP contribution in [0.1, 0.15) is 55.3 Å². The Morgan fingerprint density at radius 2 is 1.83 bits per heavy atom. The van der Waals surface area contributed by atoms with Gasteiger partial charge in [0.25, 0.3) is 5.91 Å². The van der Waals surface area contributed by atoms with Crippen molar-refractivity contribution in [3.05, 3.63) is 83.3 Å². The summed E-state index contributed by atoms with van der Waals surface area (Å²) < 4.78 is 34.8. The average molecular weight is 513 g/mol. The van der Waals surface area contributed by atoms with E-state index in [4.69, 9.17) is 4.74 Å². The van der Waals surface area contributed by atoms with E-state index < -0.39 is 27.8 Å². The van der Waals surface area contributed by atoms with Gasteiger partial charge in [0.2, 0.25) is 15.9 Å². The molecule has 10 heteroatoms. The van der Waals surface area contributed by atoms with Crippen molar-refractivity contribution in [1.29, 1.82) is 0 Å². The van der Waals surface area contributed by atoms with Gasteiger partial charge in [-0.3, -0.25) is 9.78 Å². The second kappa shape index (κ2) is 10.3. The Morgan fingerprint density at radius 1 is 1.14 bits per heavy atom. The number of sulfonamides is 1. The van der Waals surface area contributed by atoms with E-state index in [9.17, 15) is 18.3 Å². The molecule has 2 aromatic heterocycles. The lowest BCUT2D eigenvalue weighted by atomic mass is 9.88. The summed E-state index contributed by atoms with van der Waals surface area (Å²) in [6, 6.07) is 10.8. The molecule has 1 aromatic carbocycles. The van der Waals surface area contributed by atoms with Crippen LogP contribution in [0, 0.1) is 0 Å². The van der Waals surface area contributed by atoms with E-state index in [-0.39, 0.29) is 29.2 Å². The summed E-state index contributed by atoms with van der Waals surface area (Å²) in [7, 11) is -3.99. The molecule has 4 rings (SSSR count). The fraction of sp³-hybridized carbons (Fsp3) is 0.346. The number of pyridine rings is 2. The number of aryl methyl sites for hydroxylation is 1. The molecule has 36 heavy (non-hydrogen) atoms. The normalized spacial score (nSPS) is 18.7. The molecule has 0 aliphatic carbocycles. The molecule has 0 radical (unpaired) electrons. The zero-order valence-corrected chi connectivity index (χ0v) is 21.2. The number of aliphatic hydroxyl groups is 1. The predicted octanol–water partition coefficient (Wildman–Crippen LogP) is 2.81. The molecule has 1 amide bonds. The van der Waals surface area contributed by atoms with Crippen LogP contribution >= 0.6 is 0 Å². The van der Waals surface area contributed by atoms with Gasteiger partial charge in [-0.1, -0.05) is 19.1 Å². The summed E-state index contributed by atoms with van der Waals surface area (Å²) >= 11 is 0. The maximum absolute atomic E-state index is 13.2. The highest BCUT2D eigenvalue weighted by molar-refractivity contribution is 7.89. The highest BCUT2D eigenvalue weighted by atomic mass is 32.2. The van der Waals surface area contributed by atoms with Gasteiger partial charge in [0.05, 0.1) is 16.5 Å². The van der Waals surface area contributed by atoms with E-state index in [1.807, 2.05) is 19.1 Å². The molecule has 3 N–H and O–H groups in total. The van der Waals surface area contributed by atoms with Crippen LogP contribution in [0.2, 0.25) is 0 Å². The van der Waals surface area contributed by atoms with E-state index in [0.717, 1.165) is 17.5 Å². The van der Waals surface area contributed by atoms with Gasteiger partial charge in [-0.2, -0.15) is 0 Å². The molecule has 3 heterocycles. The van der Waals surface area contributed by atoms with Gasteiger partial charge in [0.1, 0.15) is 11.7 Å². The third-order valence-electron chi connectivity index (χ3n) is 6.24. The van der Waals surface area contributed by atoms with Crippen LogP contribution in [0.15, 0.2) is 66.0 Å². The number of aliphatic hydroxyl groups excluding tert-OH is 1. The number of nitrogens with zero attached hydrogens (tertiary/aromatic N) is 2. The third kappa shape index (κ3) is 5.56. The number of fused-ring (bicyclic) bond motifs is 1. The van der Waals surface area contributed by atoms with E-state index in [1.54, 1.807) is 38.4 Å². The molecule has 0 bridgehead atoms. The fourth-order valence-corrected chi connectivity index (χ4v) is 5.24. The minimum atomic E-state index is -3.99. The van der Waals surface area contributed by atoms with Crippen LogP contribution in [0.4, 0.5) is 0 Å². The number of carbonyl (C=O) groups is 1. The molecule has 3 aromatic rings. The van der Waals surface area contributed by atoms with E-state index in [2.05, 4.69) is 20.0 Å². The quantitative estimate of drug-likeness (QED) is 0.423. The van der Waals surface area contributed by atoms with Crippen LogP contribution in [0.5, 0.6) is 5.88 Å². The number of aromatic nitrogens is 2. The highest BCUT2D eigenvalue weighted by Crippen LogP contribution is 2.39. The van der Waals surface area contributed by atoms with Crippen LogP contribution in [0.25, 0.3) is 0 Å². The van der Waals surface area contributed by atoms with Crippen molar-refractivity contribution in [2.75, 3.05) is 6.54 Å². The van der Waals surface area contributed by atoms with Crippen LogP contribution in [-0.4, -0.2) is 47.6 Å². The smallest absolute Gasteiger partial charge is 0.252 e. The number of amides is 1. The summed E-state index contributed by atoms with van der Waals surface area (Å²) in [6.45, 7) is 5.69. The summed E-state index contributed by atoms with van der Waals surface area (Å²) in [5.74, 6) is -0.205. The monoisotopic (exact) mass is 512 g/mol. The standard InChI is InChI=1S/C26H30N4O5S.H2/c1-4-17-5-7-20(8-6-17)36(33,34)30-22-21-15-19(16-29-25(21)35-26(2,3)23(22)31)24(32)28-14-11-18-9-12-27-13-10-18;/h5-10,12-13,15-16,22-23,30-31H,4,11,14H2,1-3H3,(H,28,32);1H/t22-,23+;/m1./s1. The van der Waals surface area contributed by atoms with Crippen molar-refractivity contribution < 1.29 is 24.5 Å². The lowest BCUT2D eigenvalue weighted by Crippen LogP contribution is -2.53. The molecular weight excluding hydrogens is 480 g/mol. The molecule has 0 saturated heterocycles. The Morgan fingerprint density at radius 3 is 2.50 bits per heavy atom. The van der Waals surface area contributed by atoms with Gasteiger partial charge >= 0.3 is 0 Å². The van der Waals surface area contributed by atoms with Crippen LogP contribution < -0.4 is 14.8 Å². The van der Waals surface area contributed by atoms with Crippen molar-refractivity contribution in [3.63, 3.8) is 0 Å². The largest absolute Gasteiger partial charge is 0.469 e. The first-order valence-electron chi connectivity index (χ1n) is 11.8. The molecule has 0 unspecified atom stereocenters. The van der Waals surface area contributed by atoms with Crippen molar-refractivity contribution in [3.8, 4) is 5.88 Å². The first-order chi connectivity index (χ1) is 17.1. The van der Waals surface area contributed by atoms with Crippen molar-refractivity contribution in [1.82, 2.24) is 20.0 Å². The summed E-state index contributed by atoms with van der Waals surface area (Å²) in [5.41, 5.74) is 1.45. The number of ether oxygens (including phenoxy) is 1. The van der Waals surface area contributed by atoms with Crippen molar-refractivity contribution in [2.24, 2.45) is 0 Å². The number of nitrogens with one attached hydrogen (secondary N) is 2. The van der Waals surface area contributed by atoms with Gasteiger partial charge < -0.3 is 15.2 Å². The summed E-state index contributed by atoms with van der Waals surface area (Å²) in [5, 5.41) is 13.9. The number of benzene rings is 1. The van der Waals surface area contributed by atoms with E-state index in [0.29, 0.717) is 13.0 Å². The molecule has 2 atom stereocenters. The molecule has 0 fully saturated rings. The predicted molar refractivity (Wildman–Crippen MR) is 136 cm³/mol. The Hall–Kier alpha value is -3.34. The first-order valence-corrected chi connectivity index (χ1v) is 13.2. The first kappa shape index (κ1) is 25.7. The van der Waals surface area contributed by atoms with Gasteiger partial charge in [0, 0.05) is 32.1 Å². The lowest BCUT2D eigenvalue weighted by Gasteiger charge is -2.41. The lowest BCUT2D eigenvalue weighted by molar-refractivity contribution is -0.0632. The van der Waals surface area contributed by atoms with Gasteiger partial charge in [0.15, 0.2) is 0 Å². The number of carbonyl (C=O) groups excluding carboxylic acids is 1. The van der Waals surface area contributed by atoms with E-state index in [1.165, 1.54) is 24.4 Å². The maximum Gasteiger partial charge on any atom is 0.252 e. The fourth-order valence-electron chi connectivity index (χ4n) is 4.02. The van der Waals surface area contributed by atoms with Crippen molar-refractivity contribution in [2.45, 2.75) is 56.3 Å². The average Bonchev–Trinajstić information content (AvgIpc) is 2.87. The van der Waals surface area contributed by atoms with Gasteiger partial charge in [-0.05, 0) is 68.1 Å². The molecule has 192 valence electrons. The molecule has 0 spiro atoms.